The van der Waals surface area contributed by atoms with E-state index < -0.39 is 0 Å². The van der Waals surface area contributed by atoms with Gasteiger partial charge in [-0.2, -0.15) is 0 Å². The highest BCUT2D eigenvalue weighted by molar-refractivity contribution is 4.89. The van der Waals surface area contributed by atoms with Gasteiger partial charge in [0.1, 0.15) is 0 Å². The van der Waals surface area contributed by atoms with Crippen LogP contribution in [-0.4, -0.2) is 0 Å². The van der Waals surface area contributed by atoms with E-state index in [-0.39, 0.29) is 0 Å². The lowest BCUT2D eigenvalue weighted by Crippen LogP contribution is -2.25. The molecule has 2 aliphatic carbocycles. The first-order valence-electron chi connectivity index (χ1n) is 6.10. The van der Waals surface area contributed by atoms with Crippen LogP contribution in [0.1, 0.15) is 59.3 Å². The van der Waals surface area contributed by atoms with E-state index >= 15 is 0 Å². The minimum atomic E-state index is 0.667. The molecule has 0 saturated heterocycles. The molecule has 0 radical (unpaired) electrons. The summed E-state index contributed by atoms with van der Waals surface area (Å²) in [4.78, 5) is 0. The first kappa shape index (κ1) is 9.55. The Hall–Kier alpha value is 0. The fraction of sp³-hybridized carbons (Fsp3) is 1.00. The molecule has 0 aliphatic heterocycles. The minimum Gasteiger partial charge on any atom is -0.0623 e. The van der Waals surface area contributed by atoms with Crippen LogP contribution in [0.2, 0.25) is 0 Å². The third-order valence-electron chi connectivity index (χ3n) is 4.92. The van der Waals surface area contributed by atoms with Crippen molar-refractivity contribution in [3.05, 3.63) is 0 Å². The quantitative estimate of drug-likeness (QED) is 0.566. The standard InChI is InChI=1S/C13H24/c1-10(2)13(3)7-6-11-4-5-12(8-11)9-13/h10-12H,4-9H2,1-3H3. The molecule has 2 aliphatic rings. The van der Waals surface area contributed by atoms with Gasteiger partial charge in [-0.3, -0.25) is 0 Å². The Morgan fingerprint density at radius 3 is 2.46 bits per heavy atom. The van der Waals surface area contributed by atoms with Crippen LogP contribution >= 0.6 is 0 Å². The third kappa shape index (κ3) is 1.78. The molecule has 2 fully saturated rings. The molecule has 0 spiro atoms. The van der Waals surface area contributed by atoms with Gasteiger partial charge in [-0.25, -0.2) is 0 Å². The molecule has 2 rings (SSSR count). The molecule has 0 heteroatoms. The fourth-order valence-electron chi connectivity index (χ4n) is 3.45. The molecular formula is C13H24. The van der Waals surface area contributed by atoms with Crippen LogP contribution in [0.5, 0.6) is 0 Å². The Morgan fingerprint density at radius 2 is 1.77 bits per heavy atom. The zero-order valence-electron chi connectivity index (χ0n) is 9.47. The van der Waals surface area contributed by atoms with E-state index in [9.17, 15) is 0 Å². The summed E-state index contributed by atoms with van der Waals surface area (Å²) in [6, 6.07) is 0. The van der Waals surface area contributed by atoms with E-state index in [0.717, 1.165) is 17.8 Å². The molecule has 0 aromatic rings. The normalized spacial score (nSPS) is 45.2. The SMILES string of the molecule is CC(C)C1(C)CCC2CCC(C2)C1. The van der Waals surface area contributed by atoms with Crippen molar-refractivity contribution in [2.75, 3.05) is 0 Å². The Bertz CT molecular complexity index is 182. The van der Waals surface area contributed by atoms with Crippen LogP contribution in [0, 0.1) is 23.2 Å². The summed E-state index contributed by atoms with van der Waals surface area (Å²) in [6.45, 7) is 7.36. The van der Waals surface area contributed by atoms with Gasteiger partial charge in [-0.15, -0.1) is 0 Å². The van der Waals surface area contributed by atoms with Crippen LogP contribution < -0.4 is 0 Å². The second kappa shape index (κ2) is 3.29. The number of hydrogen-bond acceptors (Lipinski definition) is 0. The lowest BCUT2D eigenvalue weighted by molar-refractivity contribution is 0.151. The first-order chi connectivity index (χ1) is 6.10. The summed E-state index contributed by atoms with van der Waals surface area (Å²) in [6.07, 6.45) is 9.16. The Labute approximate surface area is 83.1 Å². The molecule has 0 aromatic heterocycles. The lowest BCUT2D eigenvalue weighted by atomic mass is 9.70. The van der Waals surface area contributed by atoms with Gasteiger partial charge in [0.15, 0.2) is 0 Å². The summed E-state index contributed by atoms with van der Waals surface area (Å²) in [5, 5.41) is 0. The summed E-state index contributed by atoms with van der Waals surface area (Å²) >= 11 is 0. The summed E-state index contributed by atoms with van der Waals surface area (Å²) < 4.78 is 0. The predicted octanol–water partition coefficient (Wildman–Crippen LogP) is 4.25. The topological polar surface area (TPSA) is 0 Å². The monoisotopic (exact) mass is 180 g/mol. The van der Waals surface area contributed by atoms with Crippen LogP contribution in [0.4, 0.5) is 0 Å². The number of fused-ring (bicyclic) bond motifs is 2. The highest BCUT2D eigenvalue weighted by Gasteiger charge is 2.38. The molecule has 0 N–H and O–H groups in total. The number of hydrogen-bond donors (Lipinski definition) is 0. The third-order valence-corrected chi connectivity index (χ3v) is 4.92. The predicted molar refractivity (Wildman–Crippen MR) is 57.6 cm³/mol. The van der Waals surface area contributed by atoms with Crippen LogP contribution in [0.15, 0.2) is 0 Å². The maximum absolute atomic E-state index is 2.53. The summed E-state index contributed by atoms with van der Waals surface area (Å²) in [7, 11) is 0. The van der Waals surface area contributed by atoms with E-state index in [2.05, 4.69) is 20.8 Å². The van der Waals surface area contributed by atoms with Crippen molar-refractivity contribution in [1.82, 2.24) is 0 Å². The van der Waals surface area contributed by atoms with Gasteiger partial charge in [0, 0.05) is 0 Å². The second-order valence-electron chi connectivity index (χ2n) is 6.10. The van der Waals surface area contributed by atoms with E-state index in [1.807, 2.05) is 0 Å². The van der Waals surface area contributed by atoms with Crippen LogP contribution in [0.25, 0.3) is 0 Å². The Morgan fingerprint density at radius 1 is 1.08 bits per heavy atom. The van der Waals surface area contributed by atoms with Gasteiger partial charge in [-0.05, 0) is 48.9 Å². The molecule has 0 nitrogen and oxygen atoms in total. The van der Waals surface area contributed by atoms with Crippen molar-refractivity contribution in [2.45, 2.75) is 59.3 Å². The summed E-state index contributed by atoms with van der Waals surface area (Å²) in [5.41, 5.74) is 0.667. The zero-order chi connectivity index (χ0) is 9.47. The average molecular weight is 180 g/mol. The van der Waals surface area contributed by atoms with Crippen molar-refractivity contribution < 1.29 is 0 Å². The zero-order valence-corrected chi connectivity index (χ0v) is 9.47. The van der Waals surface area contributed by atoms with Crippen LogP contribution in [0.3, 0.4) is 0 Å². The van der Waals surface area contributed by atoms with Crippen molar-refractivity contribution in [1.29, 1.82) is 0 Å². The minimum absolute atomic E-state index is 0.667. The highest BCUT2D eigenvalue weighted by Crippen LogP contribution is 2.50. The molecular weight excluding hydrogens is 156 g/mol. The molecule has 3 unspecified atom stereocenters. The molecule has 76 valence electrons. The van der Waals surface area contributed by atoms with Gasteiger partial charge >= 0.3 is 0 Å². The van der Waals surface area contributed by atoms with E-state index in [1.54, 1.807) is 12.8 Å². The first-order valence-corrected chi connectivity index (χ1v) is 6.10. The van der Waals surface area contributed by atoms with Crippen molar-refractivity contribution in [3.63, 3.8) is 0 Å². The Kier molecular flexibility index (Phi) is 2.42. The van der Waals surface area contributed by atoms with Crippen molar-refractivity contribution in [2.24, 2.45) is 23.2 Å². The highest BCUT2D eigenvalue weighted by atomic mass is 14.4. The summed E-state index contributed by atoms with van der Waals surface area (Å²) in [5.74, 6) is 3.07. The Balaban J connectivity index is 2.08. The largest absolute Gasteiger partial charge is 0.0623 e. The van der Waals surface area contributed by atoms with Crippen molar-refractivity contribution in [3.8, 4) is 0 Å². The van der Waals surface area contributed by atoms with E-state index in [1.165, 1.54) is 25.7 Å². The van der Waals surface area contributed by atoms with E-state index in [0.29, 0.717) is 5.41 Å². The second-order valence-corrected chi connectivity index (χ2v) is 6.10. The van der Waals surface area contributed by atoms with Gasteiger partial charge in [0.25, 0.3) is 0 Å². The molecule has 0 aromatic carbocycles. The molecule has 0 amide bonds. The molecule has 0 heterocycles. The lowest BCUT2D eigenvalue weighted by Gasteiger charge is -2.35. The van der Waals surface area contributed by atoms with Gasteiger partial charge in [0.2, 0.25) is 0 Å². The van der Waals surface area contributed by atoms with E-state index in [4.69, 9.17) is 0 Å². The van der Waals surface area contributed by atoms with Gasteiger partial charge in [0.05, 0.1) is 0 Å². The molecule has 2 bridgehead atoms. The fourth-order valence-corrected chi connectivity index (χ4v) is 3.45. The number of rotatable bonds is 1. The maximum Gasteiger partial charge on any atom is -0.0300 e. The van der Waals surface area contributed by atoms with Gasteiger partial charge < -0.3 is 0 Å². The van der Waals surface area contributed by atoms with Crippen LogP contribution in [-0.2, 0) is 0 Å². The molecule has 3 atom stereocenters. The molecule has 2 saturated carbocycles. The van der Waals surface area contributed by atoms with Gasteiger partial charge in [-0.1, -0.05) is 33.6 Å². The maximum atomic E-state index is 2.53. The smallest absolute Gasteiger partial charge is 0.0300 e. The molecule has 13 heavy (non-hydrogen) atoms. The average Bonchev–Trinajstić information content (AvgIpc) is 2.39. The van der Waals surface area contributed by atoms with Crippen molar-refractivity contribution >= 4 is 0 Å².